The summed E-state index contributed by atoms with van der Waals surface area (Å²) in [6, 6.07) is 15.5. The zero-order valence-corrected chi connectivity index (χ0v) is 12.4. The fourth-order valence-electron chi connectivity index (χ4n) is 2.10. The number of carbonyl (C=O) groups is 1. The van der Waals surface area contributed by atoms with E-state index in [2.05, 4.69) is 15.4 Å². The van der Waals surface area contributed by atoms with Gasteiger partial charge in [-0.1, -0.05) is 18.2 Å². The molecule has 0 aliphatic heterocycles. The third-order valence-corrected chi connectivity index (χ3v) is 3.27. The number of aryl methyl sites for hydroxylation is 1. The van der Waals surface area contributed by atoms with Gasteiger partial charge in [-0.15, -0.1) is 0 Å². The average molecular weight is 306 g/mol. The van der Waals surface area contributed by atoms with E-state index in [1.807, 2.05) is 12.1 Å². The summed E-state index contributed by atoms with van der Waals surface area (Å²) in [5.41, 5.74) is 2.26. The van der Waals surface area contributed by atoms with Crippen LogP contribution in [0.2, 0.25) is 0 Å². The Balaban J connectivity index is 1.86. The second-order valence-corrected chi connectivity index (χ2v) is 4.93. The van der Waals surface area contributed by atoms with Crippen LogP contribution in [-0.4, -0.2) is 20.7 Å². The van der Waals surface area contributed by atoms with Crippen molar-refractivity contribution >= 4 is 11.6 Å². The number of hydrogen-bond donors (Lipinski definition) is 1. The summed E-state index contributed by atoms with van der Waals surface area (Å²) in [5, 5.41) is 7.00. The summed E-state index contributed by atoms with van der Waals surface area (Å²) in [7, 11) is 1.60. The molecule has 0 saturated heterocycles. The zero-order valence-electron chi connectivity index (χ0n) is 12.4. The number of carbonyl (C=O) groups excluding carboxylic acids is 1. The summed E-state index contributed by atoms with van der Waals surface area (Å²) < 4.78 is 1.27. The van der Waals surface area contributed by atoms with Crippen LogP contribution >= 0.6 is 0 Å². The van der Waals surface area contributed by atoms with Crippen molar-refractivity contribution in [3.8, 4) is 11.3 Å². The van der Waals surface area contributed by atoms with Gasteiger partial charge >= 0.3 is 0 Å². The Labute approximate surface area is 132 Å². The van der Waals surface area contributed by atoms with Gasteiger partial charge in [0.1, 0.15) is 5.69 Å². The normalized spacial score (nSPS) is 10.3. The maximum atomic E-state index is 12.1. The highest BCUT2D eigenvalue weighted by molar-refractivity contribution is 6.03. The van der Waals surface area contributed by atoms with E-state index >= 15 is 0 Å². The Morgan fingerprint density at radius 2 is 1.96 bits per heavy atom. The Kier molecular flexibility index (Phi) is 3.97. The number of rotatable bonds is 3. The molecule has 1 aromatic carbocycles. The van der Waals surface area contributed by atoms with Gasteiger partial charge in [-0.05, 0) is 30.3 Å². The molecule has 0 radical (unpaired) electrons. The first-order valence-electron chi connectivity index (χ1n) is 7.01. The molecular weight excluding hydrogens is 292 g/mol. The molecule has 1 amide bonds. The first-order valence-corrected chi connectivity index (χ1v) is 7.01. The summed E-state index contributed by atoms with van der Waals surface area (Å²) in [6.45, 7) is 0. The number of nitrogens with zero attached hydrogens (tertiary/aromatic N) is 3. The van der Waals surface area contributed by atoms with Gasteiger partial charge in [0.2, 0.25) is 0 Å². The standard InChI is InChI=1S/C17H14N4O2/c1-21-16(22)9-8-14(20-21)12-5-4-6-13(11-12)19-17(23)15-7-2-3-10-18-15/h2-11H,1H3,(H,19,23). The molecule has 0 atom stereocenters. The van der Waals surface area contributed by atoms with Crippen LogP contribution in [-0.2, 0) is 7.05 Å². The van der Waals surface area contributed by atoms with Crippen molar-refractivity contribution in [1.29, 1.82) is 0 Å². The lowest BCUT2D eigenvalue weighted by Gasteiger charge is -2.07. The van der Waals surface area contributed by atoms with Gasteiger partial charge in [0.25, 0.3) is 11.5 Å². The smallest absolute Gasteiger partial charge is 0.274 e. The maximum Gasteiger partial charge on any atom is 0.274 e. The van der Waals surface area contributed by atoms with Crippen molar-refractivity contribution in [2.75, 3.05) is 5.32 Å². The monoisotopic (exact) mass is 306 g/mol. The Hall–Kier alpha value is -3.28. The summed E-state index contributed by atoms with van der Waals surface area (Å²) >= 11 is 0. The number of pyridine rings is 1. The van der Waals surface area contributed by atoms with Crippen LogP contribution in [0, 0.1) is 0 Å². The molecule has 23 heavy (non-hydrogen) atoms. The first-order chi connectivity index (χ1) is 11.1. The Morgan fingerprint density at radius 3 is 2.70 bits per heavy atom. The van der Waals surface area contributed by atoms with Gasteiger partial charge in [0.05, 0.1) is 5.69 Å². The van der Waals surface area contributed by atoms with E-state index in [4.69, 9.17) is 0 Å². The number of hydrogen-bond acceptors (Lipinski definition) is 4. The molecule has 0 aliphatic carbocycles. The number of nitrogens with one attached hydrogen (secondary N) is 1. The van der Waals surface area contributed by atoms with E-state index in [9.17, 15) is 9.59 Å². The molecule has 6 nitrogen and oxygen atoms in total. The van der Waals surface area contributed by atoms with Gasteiger partial charge < -0.3 is 5.32 Å². The van der Waals surface area contributed by atoms with Gasteiger partial charge in [0.15, 0.2) is 0 Å². The molecule has 3 aromatic rings. The lowest BCUT2D eigenvalue weighted by Crippen LogP contribution is -2.18. The number of amides is 1. The minimum atomic E-state index is -0.281. The van der Waals surface area contributed by atoms with Crippen LogP contribution in [0.3, 0.4) is 0 Å². The molecule has 6 heteroatoms. The van der Waals surface area contributed by atoms with Gasteiger partial charge in [-0.3, -0.25) is 14.6 Å². The Bertz CT molecular complexity index is 904. The highest BCUT2D eigenvalue weighted by Crippen LogP contribution is 2.20. The predicted molar refractivity (Wildman–Crippen MR) is 87.1 cm³/mol. The molecular formula is C17H14N4O2. The molecule has 1 N–H and O–H groups in total. The predicted octanol–water partition coefficient (Wildman–Crippen LogP) is 2.09. The van der Waals surface area contributed by atoms with E-state index in [0.717, 1.165) is 5.56 Å². The first kappa shape index (κ1) is 14.6. The van der Waals surface area contributed by atoms with Crippen LogP contribution < -0.4 is 10.9 Å². The molecule has 0 saturated carbocycles. The van der Waals surface area contributed by atoms with E-state index in [1.165, 1.54) is 10.7 Å². The molecule has 3 rings (SSSR count). The van der Waals surface area contributed by atoms with Crippen LogP contribution in [0.1, 0.15) is 10.5 Å². The third kappa shape index (κ3) is 3.32. The van der Waals surface area contributed by atoms with Crippen molar-refractivity contribution in [3.63, 3.8) is 0 Å². The van der Waals surface area contributed by atoms with E-state index in [-0.39, 0.29) is 11.5 Å². The SMILES string of the molecule is Cn1nc(-c2cccc(NC(=O)c3ccccn3)c2)ccc1=O. The summed E-state index contributed by atoms with van der Waals surface area (Å²) in [4.78, 5) is 27.5. The van der Waals surface area contributed by atoms with Crippen molar-refractivity contribution < 1.29 is 4.79 Å². The Morgan fingerprint density at radius 1 is 1.09 bits per heavy atom. The minimum Gasteiger partial charge on any atom is -0.321 e. The van der Waals surface area contributed by atoms with Crippen molar-refractivity contribution in [2.45, 2.75) is 0 Å². The highest BCUT2D eigenvalue weighted by atomic mass is 16.2. The fraction of sp³-hybridized carbons (Fsp3) is 0.0588. The fourth-order valence-corrected chi connectivity index (χ4v) is 2.10. The van der Waals surface area contributed by atoms with Gasteiger partial charge in [-0.25, -0.2) is 4.68 Å². The van der Waals surface area contributed by atoms with E-state index in [0.29, 0.717) is 17.1 Å². The van der Waals surface area contributed by atoms with E-state index in [1.54, 1.807) is 49.6 Å². The van der Waals surface area contributed by atoms with Crippen LogP contribution in [0.5, 0.6) is 0 Å². The number of aromatic nitrogens is 3. The number of benzene rings is 1. The quantitative estimate of drug-likeness (QED) is 0.804. The van der Waals surface area contributed by atoms with Gasteiger partial charge in [-0.2, -0.15) is 5.10 Å². The summed E-state index contributed by atoms with van der Waals surface area (Å²) in [6.07, 6.45) is 1.57. The molecule has 0 spiro atoms. The topological polar surface area (TPSA) is 76.9 Å². The van der Waals surface area contributed by atoms with Crippen LogP contribution in [0.4, 0.5) is 5.69 Å². The summed E-state index contributed by atoms with van der Waals surface area (Å²) in [5.74, 6) is -0.281. The second kappa shape index (κ2) is 6.23. The average Bonchev–Trinajstić information content (AvgIpc) is 2.58. The zero-order chi connectivity index (χ0) is 16.2. The molecule has 114 valence electrons. The minimum absolute atomic E-state index is 0.173. The van der Waals surface area contributed by atoms with Crippen LogP contribution in [0.15, 0.2) is 65.6 Å². The van der Waals surface area contributed by atoms with E-state index < -0.39 is 0 Å². The van der Waals surface area contributed by atoms with Crippen molar-refractivity contribution in [2.24, 2.45) is 7.05 Å². The lowest BCUT2D eigenvalue weighted by atomic mass is 10.1. The molecule has 0 aliphatic rings. The molecule has 2 aromatic heterocycles. The highest BCUT2D eigenvalue weighted by Gasteiger charge is 2.08. The molecule has 2 heterocycles. The van der Waals surface area contributed by atoms with Crippen LogP contribution in [0.25, 0.3) is 11.3 Å². The largest absolute Gasteiger partial charge is 0.321 e. The maximum absolute atomic E-state index is 12.1. The molecule has 0 unspecified atom stereocenters. The van der Waals surface area contributed by atoms with Crippen molar-refractivity contribution in [3.05, 3.63) is 76.8 Å². The molecule has 0 fully saturated rings. The van der Waals surface area contributed by atoms with Gasteiger partial charge in [0, 0.05) is 30.6 Å². The second-order valence-electron chi connectivity index (χ2n) is 4.93. The number of anilines is 1. The molecule has 0 bridgehead atoms. The van der Waals surface area contributed by atoms with Crippen molar-refractivity contribution in [1.82, 2.24) is 14.8 Å². The third-order valence-electron chi connectivity index (χ3n) is 3.27. The lowest BCUT2D eigenvalue weighted by molar-refractivity contribution is 0.102.